The molecule has 24 heavy (non-hydrogen) atoms. The quantitative estimate of drug-likeness (QED) is 0.565. The Morgan fingerprint density at radius 2 is 2.04 bits per heavy atom. The van der Waals surface area contributed by atoms with E-state index in [1.807, 2.05) is 30.3 Å². The van der Waals surface area contributed by atoms with Gasteiger partial charge < -0.3 is 10.3 Å². The molecule has 4 aromatic rings. The summed E-state index contributed by atoms with van der Waals surface area (Å²) in [5.41, 5.74) is 3.96. The van der Waals surface area contributed by atoms with Gasteiger partial charge in [0.05, 0.1) is 27.1 Å². The average Bonchev–Trinajstić information content (AvgIpc) is 3.21. The number of H-pyrrole nitrogens is 1. The van der Waals surface area contributed by atoms with Crippen molar-refractivity contribution in [3.05, 3.63) is 64.1 Å². The van der Waals surface area contributed by atoms with E-state index in [0.717, 1.165) is 22.4 Å². The van der Waals surface area contributed by atoms with Gasteiger partial charge in [-0.15, -0.1) is 11.3 Å². The molecule has 4 rings (SSSR count). The van der Waals surface area contributed by atoms with Gasteiger partial charge in [0, 0.05) is 22.8 Å². The number of hydrogen-bond acceptors (Lipinski definition) is 4. The van der Waals surface area contributed by atoms with E-state index in [9.17, 15) is 4.79 Å². The Bertz CT molecular complexity index is 989. The summed E-state index contributed by atoms with van der Waals surface area (Å²) in [7, 11) is 0. The minimum Gasteiger partial charge on any atom is -0.337 e. The number of imidazole rings is 1. The van der Waals surface area contributed by atoms with Crippen molar-refractivity contribution in [2.24, 2.45) is 0 Å². The number of nitrogens with one attached hydrogen (secondary N) is 2. The van der Waals surface area contributed by atoms with Crippen molar-refractivity contribution in [2.45, 2.75) is 0 Å². The summed E-state index contributed by atoms with van der Waals surface area (Å²) in [5, 5.41) is 4.58. The first-order chi connectivity index (χ1) is 11.7. The molecule has 1 amide bonds. The summed E-state index contributed by atoms with van der Waals surface area (Å²) in [6.07, 6.45) is 3.45. The van der Waals surface area contributed by atoms with Crippen LogP contribution < -0.4 is 5.32 Å². The molecule has 0 saturated carbocycles. The predicted molar refractivity (Wildman–Crippen MR) is 96.6 cm³/mol. The molecule has 0 unspecified atom stereocenters. The molecule has 0 aliphatic heterocycles. The maximum absolute atomic E-state index is 12.1. The molecule has 0 aliphatic rings. The summed E-state index contributed by atoms with van der Waals surface area (Å²) in [6, 6.07) is 11.0. The van der Waals surface area contributed by atoms with Crippen LogP contribution >= 0.6 is 22.9 Å². The molecular weight excluding hydrogens is 344 g/mol. The van der Waals surface area contributed by atoms with Gasteiger partial charge in [0.25, 0.3) is 5.91 Å². The normalized spacial score (nSPS) is 10.9. The van der Waals surface area contributed by atoms with E-state index in [1.165, 1.54) is 11.3 Å². The van der Waals surface area contributed by atoms with Crippen LogP contribution in [0.1, 0.15) is 10.4 Å². The SMILES string of the molecule is O=C(Nc1ccc(-c2nc3ccncc3[nH]2)cc1)c1csc(Cl)c1. The van der Waals surface area contributed by atoms with Gasteiger partial charge in [-0.1, -0.05) is 11.6 Å². The Balaban J connectivity index is 1.55. The molecule has 1 aromatic carbocycles. The molecule has 0 saturated heterocycles. The maximum Gasteiger partial charge on any atom is 0.256 e. The summed E-state index contributed by atoms with van der Waals surface area (Å²) in [4.78, 5) is 23.9. The molecule has 0 radical (unpaired) electrons. The number of hydrogen-bond donors (Lipinski definition) is 2. The van der Waals surface area contributed by atoms with Crippen molar-refractivity contribution in [1.29, 1.82) is 0 Å². The van der Waals surface area contributed by atoms with E-state index in [0.29, 0.717) is 15.6 Å². The van der Waals surface area contributed by atoms with Crippen LogP contribution in [0.2, 0.25) is 4.34 Å². The predicted octanol–water partition coefficient (Wildman–Crippen LogP) is 4.59. The van der Waals surface area contributed by atoms with Crippen molar-refractivity contribution >= 4 is 45.6 Å². The first kappa shape index (κ1) is 14.9. The zero-order valence-corrected chi connectivity index (χ0v) is 13.9. The lowest BCUT2D eigenvalue weighted by Gasteiger charge is -2.04. The zero-order valence-electron chi connectivity index (χ0n) is 12.3. The number of rotatable bonds is 3. The highest BCUT2D eigenvalue weighted by Crippen LogP contribution is 2.23. The molecule has 7 heteroatoms. The highest BCUT2D eigenvalue weighted by Gasteiger charge is 2.09. The van der Waals surface area contributed by atoms with Crippen molar-refractivity contribution < 1.29 is 4.79 Å². The molecule has 0 atom stereocenters. The molecule has 118 valence electrons. The topological polar surface area (TPSA) is 70.7 Å². The van der Waals surface area contributed by atoms with Gasteiger partial charge in [-0.2, -0.15) is 0 Å². The van der Waals surface area contributed by atoms with Gasteiger partial charge in [0.15, 0.2) is 0 Å². The number of thiophene rings is 1. The molecule has 2 N–H and O–H groups in total. The van der Waals surface area contributed by atoms with E-state index in [4.69, 9.17) is 11.6 Å². The van der Waals surface area contributed by atoms with Gasteiger partial charge >= 0.3 is 0 Å². The highest BCUT2D eigenvalue weighted by molar-refractivity contribution is 7.14. The van der Waals surface area contributed by atoms with Gasteiger partial charge in [-0.25, -0.2) is 4.98 Å². The number of carbonyl (C=O) groups excluding carboxylic acids is 1. The smallest absolute Gasteiger partial charge is 0.256 e. The van der Waals surface area contributed by atoms with Crippen LogP contribution in [0.5, 0.6) is 0 Å². The monoisotopic (exact) mass is 354 g/mol. The van der Waals surface area contributed by atoms with Crippen molar-refractivity contribution in [1.82, 2.24) is 15.0 Å². The van der Waals surface area contributed by atoms with Gasteiger partial charge in [0.2, 0.25) is 0 Å². The lowest BCUT2D eigenvalue weighted by atomic mass is 10.2. The van der Waals surface area contributed by atoms with E-state index in [1.54, 1.807) is 23.8 Å². The van der Waals surface area contributed by atoms with Crippen molar-refractivity contribution in [3.63, 3.8) is 0 Å². The van der Waals surface area contributed by atoms with E-state index in [-0.39, 0.29) is 5.91 Å². The van der Waals surface area contributed by atoms with Crippen LogP contribution in [0.25, 0.3) is 22.4 Å². The van der Waals surface area contributed by atoms with Gasteiger partial charge in [-0.3, -0.25) is 9.78 Å². The summed E-state index contributed by atoms with van der Waals surface area (Å²) >= 11 is 7.19. The summed E-state index contributed by atoms with van der Waals surface area (Å²) < 4.78 is 0.592. The van der Waals surface area contributed by atoms with Crippen LogP contribution in [-0.4, -0.2) is 20.9 Å². The fourth-order valence-corrected chi connectivity index (χ4v) is 3.20. The van der Waals surface area contributed by atoms with Crippen LogP contribution in [0, 0.1) is 0 Å². The molecule has 3 heterocycles. The first-order valence-electron chi connectivity index (χ1n) is 7.14. The van der Waals surface area contributed by atoms with E-state index >= 15 is 0 Å². The van der Waals surface area contributed by atoms with Crippen LogP contribution in [0.15, 0.2) is 54.2 Å². The number of halogens is 1. The Morgan fingerprint density at radius 1 is 1.21 bits per heavy atom. The molecular formula is C17H11ClN4OS. The molecule has 0 spiro atoms. The van der Waals surface area contributed by atoms with Crippen LogP contribution in [-0.2, 0) is 0 Å². The minimum atomic E-state index is -0.180. The highest BCUT2D eigenvalue weighted by atomic mass is 35.5. The number of carbonyl (C=O) groups is 1. The van der Waals surface area contributed by atoms with Crippen molar-refractivity contribution in [2.75, 3.05) is 5.32 Å². The van der Waals surface area contributed by atoms with Gasteiger partial charge in [-0.05, 0) is 36.4 Å². The second-order valence-corrected chi connectivity index (χ2v) is 6.69. The fraction of sp³-hybridized carbons (Fsp3) is 0. The number of benzene rings is 1. The third-order valence-corrected chi connectivity index (χ3v) is 4.62. The van der Waals surface area contributed by atoms with Crippen LogP contribution in [0.4, 0.5) is 5.69 Å². The summed E-state index contributed by atoms with van der Waals surface area (Å²) in [6.45, 7) is 0. The Labute approximate surface area is 146 Å². The second kappa shape index (κ2) is 6.07. The number of anilines is 1. The molecule has 5 nitrogen and oxygen atoms in total. The number of amides is 1. The average molecular weight is 355 g/mol. The third-order valence-electron chi connectivity index (χ3n) is 3.53. The Hall–Kier alpha value is -2.70. The molecule has 0 bridgehead atoms. The fourth-order valence-electron chi connectivity index (χ4n) is 2.34. The molecule has 0 fully saturated rings. The van der Waals surface area contributed by atoms with Crippen molar-refractivity contribution in [3.8, 4) is 11.4 Å². The Morgan fingerprint density at radius 3 is 2.75 bits per heavy atom. The molecule has 0 aliphatic carbocycles. The third kappa shape index (κ3) is 2.89. The Kier molecular flexibility index (Phi) is 3.76. The van der Waals surface area contributed by atoms with E-state index < -0.39 is 0 Å². The largest absolute Gasteiger partial charge is 0.337 e. The van der Waals surface area contributed by atoms with Crippen LogP contribution in [0.3, 0.4) is 0 Å². The number of fused-ring (bicyclic) bond motifs is 1. The standard InChI is InChI=1S/C17H11ClN4OS/c18-15-7-11(9-24-15)17(23)20-12-3-1-10(2-4-12)16-21-13-5-6-19-8-14(13)22-16/h1-9H,(H,20,23)(H,21,22). The number of nitrogens with zero attached hydrogens (tertiary/aromatic N) is 2. The zero-order chi connectivity index (χ0) is 16.5. The van der Waals surface area contributed by atoms with Gasteiger partial charge in [0.1, 0.15) is 5.82 Å². The maximum atomic E-state index is 12.1. The molecule has 3 aromatic heterocycles. The summed E-state index contributed by atoms with van der Waals surface area (Å²) in [5.74, 6) is 0.584. The van der Waals surface area contributed by atoms with E-state index in [2.05, 4.69) is 20.3 Å². The minimum absolute atomic E-state index is 0.180. The first-order valence-corrected chi connectivity index (χ1v) is 8.40. The lowest BCUT2D eigenvalue weighted by molar-refractivity contribution is 0.102. The second-order valence-electron chi connectivity index (χ2n) is 5.15. The number of aromatic nitrogens is 3. The lowest BCUT2D eigenvalue weighted by Crippen LogP contribution is -2.10. The number of pyridine rings is 1. The number of aromatic amines is 1.